The molecule has 1 aromatic carbocycles. The summed E-state index contributed by atoms with van der Waals surface area (Å²) in [5.74, 6) is -1.10. The third-order valence-electron chi connectivity index (χ3n) is 3.07. The molecular weight excluding hydrogens is 287 g/mol. The SMILES string of the molecule is CC(C)C(CCO)NC(=O)/C=C/C(=O)Nc1ccc(F)cc1. The van der Waals surface area contributed by atoms with Gasteiger partial charge in [-0.2, -0.15) is 0 Å². The molecule has 22 heavy (non-hydrogen) atoms. The Balaban J connectivity index is 2.50. The van der Waals surface area contributed by atoms with Gasteiger partial charge in [-0.05, 0) is 36.6 Å². The lowest BCUT2D eigenvalue weighted by Crippen LogP contribution is -2.38. The predicted octanol–water partition coefficient (Wildman–Crippen LogP) is 1.84. The van der Waals surface area contributed by atoms with Crippen LogP contribution in [0.1, 0.15) is 20.3 Å². The van der Waals surface area contributed by atoms with Crippen LogP contribution in [0, 0.1) is 11.7 Å². The molecule has 0 saturated heterocycles. The van der Waals surface area contributed by atoms with Crippen LogP contribution in [-0.4, -0.2) is 29.6 Å². The van der Waals surface area contributed by atoms with Gasteiger partial charge in [-0.25, -0.2) is 4.39 Å². The number of halogens is 1. The number of aliphatic hydroxyl groups is 1. The molecule has 5 nitrogen and oxygen atoms in total. The van der Waals surface area contributed by atoms with Crippen molar-refractivity contribution >= 4 is 17.5 Å². The topological polar surface area (TPSA) is 78.4 Å². The van der Waals surface area contributed by atoms with Crippen LogP contribution in [-0.2, 0) is 9.59 Å². The van der Waals surface area contributed by atoms with Gasteiger partial charge in [-0.15, -0.1) is 0 Å². The fourth-order valence-corrected chi connectivity index (χ4v) is 1.81. The number of hydrogen-bond acceptors (Lipinski definition) is 3. The largest absolute Gasteiger partial charge is 0.396 e. The molecule has 120 valence electrons. The number of carbonyl (C=O) groups is 2. The van der Waals surface area contributed by atoms with Crippen molar-refractivity contribution in [1.82, 2.24) is 5.32 Å². The maximum absolute atomic E-state index is 12.7. The van der Waals surface area contributed by atoms with E-state index in [1.165, 1.54) is 24.3 Å². The van der Waals surface area contributed by atoms with Crippen LogP contribution in [0.5, 0.6) is 0 Å². The molecule has 0 aliphatic carbocycles. The minimum atomic E-state index is -0.481. The summed E-state index contributed by atoms with van der Waals surface area (Å²) in [6.07, 6.45) is 2.69. The average molecular weight is 308 g/mol. The van der Waals surface area contributed by atoms with Gasteiger partial charge in [-0.3, -0.25) is 9.59 Å². The van der Waals surface area contributed by atoms with Gasteiger partial charge in [-0.1, -0.05) is 13.8 Å². The molecule has 1 unspecified atom stereocenters. The molecule has 1 rings (SSSR count). The van der Waals surface area contributed by atoms with Crippen molar-refractivity contribution in [3.8, 4) is 0 Å². The zero-order valence-electron chi connectivity index (χ0n) is 12.7. The maximum Gasteiger partial charge on any atom is 0.248 e. The van der Waals surface area contributed by atoms with Gasteiger partial charge in [0.05, 0.1) is 0 Å². The summed E-state index contributed by atoms with van der Waals surface area (Å²) < 4.78 is 12.7. The Hall–Kier alpha value is -2.21. The molecular formula is C16H21FN2O3. The molecule has 0 aliphatic rings. The zero-order valence-corrected chi connectivity index (χ0v) is 12.7. The lowest BCUT2D eigenvalue weighted by Gasteiger charge is -2.20. The number of rotatable bonds is 7. The van der Waals surface area contributed by atoms with E-state index < -0.39 is 17.6 Å². The smallest absolute Gasteiger partial charge is 0.248 e. The third kappa shape index (κ3) is 6.49. The number of anilines is 1. The van der Waals surface area contributed by atoms with E-state index in [1.807, 2.05) is 13.8 Å². The minimum Gasteiger partial charge on any atom is -0.396 e. The average Bonchev–Trinajstić information content (AvgIpc) is 2.47. The summed E-state index contributed by atoms with van der Waals surface area (Å²) >= 11 is 0. The number of benzene rings is 1. The minimum absolute atomic E-state index is 0.0160. The van der Waals surface area contributed by atoms with Crippen LogP contribution in [0.2, 0.25) is 0 Å². The van der Waals surface area contributed by atoms with Gasteiger partial charge in [0.1, 0.15) is 5.82 Å². The van der Waals surface area contributed by atoms with Crippen molar-refractivity contribution in [2.75, 3.05) is 11.9 Å². The first kappa shape index (κ1) is 17.8. The summed E-state index contributed by atoms with van der Waals surface area (Å²) in [5, 5.41) is 14.2. The van der Waals surface area contributed by atoms with Gasteiger partial charge in [0.25, 0.3) is 0 Å². The number of hydrogen-bond donors (Lipinski definition) is 3. The first-order valence-electron chi connectivity index (χ1n) is 7.08. The van der Waals surface area contributed by atoms with Gasteiger partial charge >= 0.3 is 0 Å². The monoisotopic (exact) mass is 308 g/mol. The highest BCUT2D eigenvalue weighted by molar-refractivity contribution is 6.03. The van der Waals surface area contributed by atoms with Crippen molar-refractivity contribution in [1.29, 1.82) is 0 Å². The quantitative estimate of drug-likeness (QED) is 0.673. The standard InChI is InChI=1S/C16H21FN2O3/c1-11(2)14(9-10-20)19-16(22)8-7-15(21)18-13-5-3-12(17)4-6-13/h3-8,11,14,20H,9-10H2,1-2H3,(H,18,21)(H,19,22)/b8-7+. The Labute approximate surface area is 129 Å². The van der Waals surface area contributed by atoms with E-state index in [4.69, 9.17) is 5.11 Å². The Bertz CT molecular complexity index is 527. The van der Waals surface area contributed by atoms with Crippen molar-refractivity contribution in [3.05, 3.63) is 42.2 Å². The van der Waals surface area contributed by atoms with Gasteiger partial charge in [0, 0.05) is 30.5 Å². The van der Waals surface area contributed by atoms with Crippen LogP contribution < -0.4 is 10.6 Å². The molecule has 0 radical (unpaired) electrons. The molecule has 1 atom stereocenters. The van der Waals surface area contributed by atoms with E-state index in [2.05, 4.69) is 10.6 Å². The van der Waals surface area contributed by atoms with Crippen LogP contribution in [0.15, 0.2) is 36.4 Å². The first-order chi connectivity index (χ1) is 10.4. The van der Waals surface area contributed by atoms with Crippen LogP contribution in [0.25, 0.3) is 0 Å². The highest BCUT2D eigenvalue weighted by Gasteiger charge is 2.14. The van der Waals surface area contributed by atoms with Crippen molar-refractivity contribution < 1.29 is 19.1 Å². The number of nitrogens with one attached hydrogen (secondary N) is 2. The number of carbonyl (C=O) groups excluding carboxylic acids is 2. The summed E-state index contributed by atoms with van der Waals surface area (Å²) in [5.41, 5.74) is 0.441. The first-order valence-corrected chi connectivity index (χ1v) is 7.08. The van der Waals surface area contributed by atoms with Crippen molar-refractivity contribution in [3.63, 3.8) is 0 Å². The Morgan fingerprint density at radius 1 is 1.18 bits per heavy atom. The lowest BCUT2D eigenvalue weighted by molar-refractivity contribution is -0.118. The number of amides is 2. The molecule has 1 aromatic rings. The molecule has 0 fully saturated rings. The maximum atomic E-state index is 12.7. The van der Waals surface area contributed by atoms with E-state index in [0.29, 0.717) is 12.1 Å². The predicted molar refractivity (Wildman–Crippen MR) is 82.6 cm³/mol. The van der Waals surface area contributed by atoms with E-state index >= 15 is 0 Å². The molecule has 0 bridgehead atoms. The van der Waals surface area contributed by atoms with E-state index in [-0.39, 0.29) is 18.6 Å². The summed E-state index contributed by atoms with van der Waals surface area (Å²) in [7, 11) is 0. The molecule has 6 heteroatoms. The molecule has 0 aromatic heterocycles. The second kappa shape index (κ2) is 8.94. The van der Waals surface area contributed by atoms with E-state index in [0.717, 1.165) is 12.2 Å². The molecule has 2 amide bonds. The zero-order chi connectivity index (χ0) is 16.5. The Kier molecular flexibility index (Phi) is 7.25. The fourth-order valence-electron chi connectivity index (χ4n) is 1.81. The third-order valence-corrected chi connectivity index (χ3v) is 3.07. The Morgan fingerprint density at radius 2 is 1.77 bits per heavy atom. The normalized spacial score (nSPS) is 12.4. The summed E-state index contributed by atoms with van der Waals surface area (Å²) in [6, 6.07) is 5.17. The summed E-state index contributed by atoms with van der Waals surface area (Å²) in [4.78, 5) is 23.4. The number of aliphatic hydroxyl groups excluding tert-OH is 1. The molecule has 3 N–H and O–H groups in total. The molecule has 0 saturated carbocycles. The van der Waals surface area contributed by atoms with Crippen molar-refractivity contribution in [2.24, 2.45) is 5.92 Å². The van der Waals surface area contributed by atoms with Crippen LogP contribution in [0.4, 0.5) is 10.1 Å². The van der Waals surface area contributed by atoms with E-state index in [9.17, 15) is 14.0 Å². The molecule has 0 heterocycles. The van der Waals surface area contributed by atoms with Gasteiger partial charge in [0.15, 0.2) is 0 Å². The Morgan fingerprint density at radius 3 is 2.32 bits per heavy atom. The second-order valence-corrected chi connectivity index (χ2v) is 5.20. The second-order valence-electron chi connectivity index (χ2n) is 5.20. The van der Waals surface area contributed by atoms with E-state index in [1.54, 1.807) is 0 Å². The van der Waals surface area contributed by atoms with Crippen LogP contribution >= 0.6 is 0 Å². The summed E-state index contributed by atoms with van der Waals surface area (Å²) in [6.45, 7) is 3.86. The highest BCUT2D eigenvalue weighted by atomic mass is 19.1. The molecule has 0 spiro atoms. The van der Waals surface area contributed by atoms with Gasteiger partial charge < -0.3 is 15.7 Å². The molecule has 0 aliphatic heterocycles. The fraction of sp³-hybridized carbons (Fsp3) is 0.375. The van der Waals surface area contributed by atoms with Crippen molar-refractivity contribution in [2.45, 2.75) is 26.3 Å². The highest BCUT2D eigenvalue weighted by Crippen LogP contribution is 2.08. The van der Waals surface area contributed by atoms with Crippen LogP contribution in [0.3, 0.4) is 0 Å². The lowest BCUT2D eigenvalue weighted by atomic mass is 10.0. The van der Waals surface area contributed by atoms with Gasteiger partial charge in [0.2, 0.25) is 11.8 Å².